The summed E-state index contributed by atoms with van der Waals surface area (Å²) in [5.74, 6) is -0.383. The lowest BCUT2D eigenvalue weighted by Gasteiger charge is -2.45. The Hall–Kier alpha value is -3.00. The standard InChI is InChI=1S/C22H17BrFN3O3/c1-30-21(29)26-11-22(12-26)16-4-2-3-5-18(16)27(20(22)28)10-17-19(23)15-7-6-14(24)8-13(15)9-25-17/h2-9H,10-12H2,1H3. The van der Waals surface area contributed by atoms with Gasteiger partial charge in [-0.1, -0.05) is 24.3 Å². The largest absolute Gasteiger partial charge is 0.453 e. The summed E-state index contributed by atoms with van der Waals surface area (Å²) in [5, 5.41) is 1.51. The van der Waals surface area contributed by atoms with E-state index in [1.54, 1.807) is 17.2 Å². The normalized spacial score (nSPS) is 16.7. The molecule has 0 atom stereocenters. The highest BCUT2D eigenvalue weighted by Crippen LogP contribution is 2.48. The fourth-order valence-electron chi connectivity index (χ4n) is 4.38. The average molecular weight is 470 g/mol. The number of nitrogens with zero attached hydrogens (tertiary/aromatic N) is 3. The number of para-hydroxylation sites is 1. The number of fused-ring (bicyclic) bond motifs is 3. The van der Waals surface area contributed by atoms with Gasteiger partial charge >= 0.3 is 6.09 Å². The molecule has 0 bridgehead atoms. The van der Waals surface area contributed by atoms with Gasteiger partial charge in [0.15, 0.2) is 0 Å². The number of pyridine rings is 1. The first kappa shape index (κ1) is 19.0. The van der Waals surface area contributed by atoms with Crippen LogP contribution < -0.4 is 4.90 Å². The molecule has 2 amide bonds. The predicted octanol–water partition coefficient (Wildman–Crippen LogP) is 4.00. The summed E-state index contributed by atoms with van der Waals surface area (Å²) in [5.41, 5.74) is 1.66. The molecule has 0 N–H and O–H groups in total. The fraction of sp³-hybridized carbons (Fsp3) is 0.227. The number of likely N-dealkylation sites (tertiary alicyclic amines) is 1. The first-order chi connectivity index (χ1) is 14.4. The molecular formula is C22H17BrFN3O3. The van der Waals surface area contributed by atoms with Crippen LogP contribution in [0.15, 0.2) is 53.1 Å². The molecule has 0 aliphatic carbocycles. The topological polar surface area (TPSA) is 62.7 Å². The second-order valence-corrected chi connectivity index (χ2v) is 8.36. The minimum absolute atomic E-state index is 0.0586. The zero-order chi connectivity index (χ0) is 21.0. The monoisotopic (exact) mass is 469 g/mol. The fourth-order valence-corrected chi connectivity index (χ4v) is 4.97. The lowest BCUT2D eigenvalue weighted by atomic mass is 9.75. The molecule has 1 aromatic heterocycles. The van der Waals surface area contributed by atoms with Crippen LogP contribution in [0, 0.1) is 5.82 Å². The van der Waals surface area contributed by atoms with Crippen molar-refractivity contribution in [3.8, 4) is 0 Å². The second-order valence-electron chi connectivity index (χ2n) is 7.57. The zero-order valence-electron chi connectivity index (χ0n) is 16.1. The number of halogens is 2. The number of aromatic nitrogens is 1. The Morgan fingerprint density at radius 1 is 1.27 bits per heavy atom. The third kappa shape index (κ3) is 2.63. The Bertz CT molecular complexity index is 1210. The van der Waals surface area contributed by atoms with Gasteiger partial charge in [-0.3, -0.25) is 9.78 Å². The molecule has 8 heteroatoms. The quantitative estimate of drug-likeness (QED) is 0.568. The summed E-state index contributed by atoms with van der Waals surface area (Å²) in [7, 11) is 1.33. The minimum Gasteiger partial charge on any atom is -0.453 e. The molecule has 2 aliphatic heterocycles. The van der Waals surface area contributed by atoms with Gasteiger partial charge in [0, 0.05) is 34.8 Å². The zero-order valence-corrected chi connectivity index (χ0v) is 17.6. The van der Waals surface area contributed by atoms with E-state index in [1.807, 2.05) is 24.3 Å². The highest BCUT2D eigenvalue weighted by Gasteiger charge is 2.59. The Balaban J connectivity index is 1.51. The van der Waals surface area contributed by atoms with Crippen LogP contribution in [0.5, 0.6) is 0 Å². The van der Waals surface area contributed by atoms with E-state index in [9.17, 15) is 14.0 Å². The van der Waals surface area contributed by atoms with Crippen molar-refractivity contribution in [3.05, 3.63) is 70.2 Å². The Kier molecular flexibility index (Phi) is 4.28. The third-order valence-electron chi connectivity index (χ3n) is 5.89. The number of carbonyl (C=O) groups is 2. The van der Waals surface area contributed by atoms with Crippen LogP contribution in [-0.2, 0) is 21.5 Å². The van der Waals surface area contributed by atoms with Gasteiger partial charge in [-0.25, -0.2) is 9.18 Å². The molecular weight excluding hydrogens is 453 g/mol. The molecule has 0 saturated carbocycles. The van der Waals surface area contributed by atoms with Crippen LogP contribution in [0.25, 0.3) is 10.8 Å². The molecule has 0 radical (unpaired) electrons. The van der Waals surface area contributed by atoms with Crippen LogP contribution in [0.4, 0.5) is 14.9 Å². The average Bonchev–Trinajstić information content (AvgIpc) is 2.96. The van der Waals surface area contributed by atoms with Crippen molar-refractivity contribution in [2.45, 2.75) is 12.0 Å². The first-order valence-electron chi connectivity index (χ1n) is 9.41. The van der Waals surface area contributed by atoms with Gasteiger partial charge in [-0.2, -0.15) is 0 Å². The smallest absolute Gasteiger partial charge is 0.409 e. The summed E-state index contributed by atoms with van der Waals surface area (Å²) >= 11 is 3.58. The summed E-state index contributed by atoms with van der Waals surface area (Å²) in [6, 6.07) is 12.2. The van der Waals surface area contributed by atoms with E-state index in [0.717, 1.165) is 21.1 Å². The van der Waals surface area contributed by atoms with E-state index in [4.69, 9.17) is 4.74 Å². The van der Waals surface area contributed by atoms with Gasteiger partial charge in [0.05, 0.1) is 19.3 Å². The predicted molar refractivity (Wildman–Crippen MR) is 113 cm³/mol. The van der Waals surface area contributed by atoms with Crippen molar-refractivity contribution in [2.75, 3.05) is 25.1 Å². The maximum Gasteiger partial charge on any atom is 0.409 e. The highest BCUT2D eigenvalue weighted by molar-refractivity contribution is 9.10. The number of methoxy groups -OCH3 is 1. The maximum atomic E-state index is 13.5. The lowest BCUT2D eigenvalue weighted by molar-refractivity contribution is -0.128. The molecule has 3 heterocycles. The number of benzene rings is 2. The Labute approximate surface area is 180 Å². The van der Waals surface area contributed by atoms with Crippen molar-refractivity contribution in [3.63, 3.8) is 0 Å². The van der Waals surface area contributed by atoms with Crippen LogP contribution in [0.1, 0.15) is 11.3 Å². The van der Waals surface area contributed by atoms with Gasteiger partial charge < -0.3 is 14.5 Å². The van der Waals surface area contributed by atoms with Gasteiger partial charge in [-0.15, -0.1) is 0 Å². The van der Waals surface area contributed by atoms with Gasteiger partial charge in [0.1, 0.15) is 11.2 Å². The Morgan fingerprint density at radius 2 is 2.03 bits per heavy atom. The minimum atomic E-state index is -0.753. The molecule has 152 valence electrons. The van der Waals surface area contributed by atoms with Crippen molar-refractivity contribution in [1.82, 2.24) is 9.88 Å². The highest BCUT2D eigenvalue weighted by atomic mass is 79.9. The van der Waals surface area contributed by atoms with E-state index >= 15 is 0 Å². The number of rotatable bonds is 2. The molecule has 2 aromatic carbocycles. The van der Waals surface area contributed by atoms with Crippen LogP contribution >= 0.6 is 15.9 Å². The van der Waals surface area contributed by atoms with E-state index in [-0.39, 0.29) is 31.4 Å². The van der Waals surface area contributed by atoms with Crippen molar-refractivity contribution in [1.29, 1.82) is 0 Å². The molecule has 5 rings (SSSR count). The van der Waals surface area contributed by atoms with E-state index in [1.165, 1.54) is 24.1 Å². The number of ether oxygens (including phenoxy) is 1. The van der Waals surface area contributed by atoms with Crippen LogP contribution in [0.2, 0.25) is 0 Å². The molecule has 1 saturated heterocycles. The lowest BCUT2D eigenvalue weighted by Crippen LogP contribution is -2.65. The van der Waals surface area contributed by atoms with Crippen molar-refractivity contribution < 1.29 is 18.7 Å². The molecule has 1 spiro atoms. The number of hydrogen-bond donors (Lipinski definition) is 0. The molecule has 6 nitrogen and oxygen atoms in total. The van der Waals surface area contributed by atoms with Crippen molar-refractivity contribution >= 4 is 44.4 Å². The summed E-state index contributed by atoms with van der Waals surface area (Å²) in [6.07, 6.45) is 1.18. The van der Waals surface area contributed by atoms with E-state index in [2.05, 4.69) is 20.9 Å². The first-order valence-corrected chi connectivity index (χ1v) is 10.2. The number of amides is 2. The van der Waals surface area contributed by atoms with Crippen molar-refractivity contribution in [2.24, 2.45) is 0 Å². The van der Waals surface area contributed by atoms with Gasteiger partial charge in [-0.05, 0) is 45.1 Å². The number of anilines is 1. The molecule has 0 unspecified atom stereocenters. The summed E-state index contributed by atoms with van der Waals surface area (Å²) in [4.78, 5) is 33.1. The molecule has 1 fully saturated rings. The number of carbonyl (C=O) groups excluding carboxylic acids is 2. The third-order valence-corrected chi connectivity index (χ3v) is 6.77. The van der Waals surface area contributed by atoms with Crippen LogP contribution in [0.3, 0.4) is 0 Å². The van der Waals surface area contributed by atoms with Gasteiger partial charge in [0.2, 0.25) is 5.91 Å². The SMILES string of the molecule is COC(=O)N1CC2(C1)C(=O)N(Cc1ncc3cc(F)ccc3c1Br)c1ccccc12. The number of hydrogen-bond acceptors (Lipinski definition) is 4. The van der Waals surface area contributed by atoms with E-state index in [0.29, 0.717) is 11.1 Å². The summed E-state index contributed by atoms with van der Waals surface area (Å²) < 4.78 is 19.0. The molecule has 30 heavy (non-hydrogen) atoms. The maximum absolute atomic E-state index is 13.5. The van der Waals surface area contributed by atoms with E-state index < -0.39 is 11.5 Å². The molecule has 2 aliphatic rings. The Morgan fingerprint density at radius 3 is 2.80 bits per heavy atom. The van der Waals surface area contributed by atoms with Crippen LogP contribution in [-0.4, -0.2) is 42.1 Å². The van der Waals surface area contributed by atoms with Gasteiger partial charge in [0.25, 0.3) is 0 Å². The molecule has 3 aromatic rings. The summed E-state index contributed by atoms with van der Waals surface area (Å²) in [6.45, 7) is 0.846. The second kappa shape index (κ2) is 6.77.